The van der Waals surface area contributed by atoms with Crippen molar-refractivity contribution in [1.82, 2.24) is 0 Å². The number of hydrogen-bond donors (Lipinski definition) is 1. The van der Waals surface area contributed by atoms with Gasteiger partial charge in [-0.3, -0.25) is 0 Å². The Hall–Kier alpha value is -2.28. The summed E-state index contributed by atoms with van der Waals surface area (Å²) in [6, 6.07) is 17.9. The molecule has 0 aliphatic rings. The Morgan fingerprint density at radius 1 is 0.818 bits per heavy atom. The Bertz CT molecular complexity index is 936. The van der Waals surface area contributed by atoms with E-state index in [0.717, 1.165) is 16.5 Å². The highest BCUT2D eigenvalue weighted by atomic mass is 127. The summed E-state index contributed by atoms with van der Waals surface area (Å²) in [5, 5.41) is 10.6. The van der Waals surface area contributed by atoms with E-state index >= 15 is 0 Å². The molecule has 3 rings (SSSR count). The van der Waals surface area contributed by atoms with Crippen LogP contribution < -0.4 is 0 Å². The lowest BCUT2D eigenvalue weighted by Gasteiger charge is -2.10. The molecule has 3 aromatic rings. The molecule has 0 aliphatic heterocycles. The van der Waals surface area contributed by atoms with Crippen molar-refractivity contribution in [3.63, 3.8) is 0 Å². The Morgan fingerprint density at radius 3 is 2.18 bits per heavy atom. The third-order valence-electron chi connectivity index (χ3n) is 3.48. The van der Waals surface area contributed by atoms with E-state index in [2.05, 4.69) is 0 Å². The maximum absolute atomic E-state index is 11.5. The summed E-state index contributed by atoms with van der Waals surface area (Å²) in [4.78, 5) is 11.5. The van der Waals surface area contributed by atoms with Crippen LogP contribution in [0.3, 0.4) is 0 Å². The molecule has 22 heavy (non-hydrogen) atoms. The SMILES string of the molecule is O=C(O)c1c(I(=O)=O)ccc2c(-c3ccccc3)cccc12. The summed E-state index contributed by atoms with van der Waals surface area (Å²) in [5.41, 5.74) is 1.70. The Balaban J connectivity index is 2.41. The molecule has 0 radical (unpaired) electrons. The molecule has 0 saturated carbocycles. The fraction of sp³-hybridized carbons (Fsp3) is 0. The van der Waals surface area contributed by atoms with E-state index in [9.17, 15) is 16.0 Å². The number of aromatic carboxylic acids is 1. The van der Waals surface area contributed by atoms with Gasteiger partial charge in [0, 0.05) is 0 Å². The van der Waals surface area contributed by atoms with Gasteiger partial charge in [-0.2, -0.15) is 0 Å². The molecule has 0 saturated heterocycles. The minimum atomic E-state index is -3.88. The molecule has 3 aromatic carbocycles. The van der Waals surface area contributed by atoms with Gasteiger partial charge in [-0.1, -0.05) is 54.6 Å². The summed E-state index contributed by atoms with van der Waals surface area (Å²) in [5.74, 6) is -1.22. The van der Waals surface area contributed by atoms with Crippen LogP contribution in [0.15, 0.2) is 60.7 Å². The average molecular weight is 406 g/mol. The first kappa shape index (κ1) is 14.6. The lowest BCUT2D eigenvalue weighted by molar-refractivity contribution is 0.0698. The highest BCUT2D eigenvalue weighted by molar-refractivity contribution is 14.2. The van der Waals surface area contributed by atoms with Crippen molar-refractivity contribution < 1.29 is 16.0 Å². The van der Waals surface area contributed by atoms with E-state index in [1.54, 1.807) is 18.2 Å². The molecule has 0 aromatic heterocycles. The molecule has 0 bridgehead atoms. The van der Waals surface area contributed by atoms with Gasteiger partial charge in [0.1, 0.15) is 0 Å². The number of carboxylic acid groups (broad SMARTS) is 1. The van der Waals surface area contributed by atoms with Crippen LogP contribution in [-0.2, 0) is 6.14 Å². The fourth-order valence-electron chi connectivity index (χ4n) is 2.55. The molecule has 110 valence electrons. The largest absolute Gasteiger partial charge is 0.478 e. The minimum Gasteiger partial charge on any atom is -0.478 e. The molecule has 0 unspecified atom stereocenters. The van der Waals surface area contributed by atoms with Gasteiger partial charge in [0.05, 0.1) is 9.13 Å². The van der Waals surface area contributed by atoms with Crippen molar-refractivity contribution in [2.24, 2.45) is 0 Å². The van der Waals surface area contributed by atoms with Crippen molar-refractivity contribution in [3.8, 4) is 11.1 Å². The molecule has 0 spiro atoms. The second-order valence-electron chi connectivity index (χ2n) is 4.71. The van der Waals surface area contributed by atoms with Gasteiger partial charge in [-0.25, -0.2) is 10.9 Å². The molecule has 0 atom stereocenters. The standard InChI is InChI=1S/C17H11IO4/c19-17(20)16-14-8-4-7-12(11-5-2-1-3-6-11)13(14)9-10-15(16)18(21)22/h1-10H,(H,19,20). The molecular weight excluding hydrogens is 395 g/mol. The van der Waals surface area contributed by atoms with Crippen LogP contribution in [0.1, 0.15) is 10.4 Å². The topological polar surface area (TPSA) is 71.4 Å². The Kier molecular flexibility index (Phi) is 3.89. The highest BCUT2D eigenvalue weighted by Crippen LogP contribution is 2.34. The number of hydrogen-bond acceptors (Lipinski definition) is 3. The van der Waals surface area contributed by atoms with Gasteiger partial charge in [0.2, 0.25) is 0 Å². The predicted molar refractivity (Wildman–Crippen MR) is 90.4 cm³/mol. The van der Waals surface area contributed by atoms with Gasteiger partial charge in [0.25, 0.3) is 0 Å². The minimum absolute atomic E-state index is 0.0746. The maximum atomic E-state index is 11.5. The lowest BCUT2D eigenvalue weighted by atomic mass is 9.96. The van der Waals surface area contributed by atoms with Gasteiger partial charge >= 0.3 is 25.8 Å². The van der Waals surface area contributed by atoms with E-state index < -0.39 is 25.8 Å². The molecule has 0 aliphatic carbocycles. The van der Waals surface area contributed by atoms with E-state index in [4.69, 9.17) is 0 Å². The van der Waals surface area contributed by atoms with Crippen molar-refractivity contribution >= 4 is 36.5 Å². The zero-order valence-corrected chi connectivity index (χ0v) is 13.5. The van der Waals surface area contributed by atoms with Crippen LogP contribution >= 0.6 is 19.8 Å². The number of rotatable bonds is 3. The van der Waals surface area contributed by atoms with Crippen molar-refractivity contribution in [1.29, 1.82) is 0 Å². The van der Waals surface area contributed by atoms with Crippen LogP contribution in [0, 0.1) is 3.57 Å². The Labute approximate surface area is 133 Å². The molecule has 0 fully saturated rings. The highest BCUT2D eigenvalue weighted by Gasteiger charge is 2.19. The zero-order valence-electron chi connectivity index (χ0n) is 11.3. The third-order valence-corrected chi connectivity index (χ3v) is 5.32. The monoisotopic (exact) mass is 406 g/mol. The molecule has 4 nitrogen and oxygen atoms in total. The lowest BCUT2D eigenvalue weighted by Crippen LogP contribution is -2.02. The molecule has 5 heteroatoms. The molecule has 0 heterocycles. The number of halogens is 1. The van der Waals surface area contributed by atoms with Crippen LogP contribution in [0.2, 0.25) is 0 Å². The molecule has 1 N–H and O–H groups in total. The number of carbonyl (C=O) groups is 1. The van der Waals surface area contributed by atoms with E-state index in [-0.39, 0.29) is 9.13 Å². The smallest absolute Gasteiger partial charge is 0.341 e. The summed E-state index contributed by atoms with van der Waals surface area (Å²) in [7, 11) is 0. The van der Waals surface area contributed by atoms with Crippen molar-refractivity contribution in [2.75, 3.05) is 0 Å². The van der Waals surface area contributed by atoms with E-state index in [1.165, 1.54) is 6.07 Å². The first-order valence-electron chi connectivity index (χ1n) is 6.49. The number of carboxylic acids is 1. The maximum Gasteiger partial charge on any atom is 0.341 e. The zero-order chi connectivity index (χ0) is 15.7. The van der Waals surface area contributed by atoms with E-state index in [1.807, 2.05) is 36.4 Å². The van der Waals surface area contributed by atoms with Gasteiger partial charge in [-0.15, -0.1) is 0 Å². The van der Waals surface area contributed by atoms with Crippen LogP contribution in [0.5, 0.6) is 0 Å². The quantitative estimate of drug-likeness (QED) is 0.647. The van der Waals surface area contributed by atoms with Crippen LogP contribution in [0.4, 0.5) is 0 Å². The number of benzene rings is 3. The van der Waals surface area contributed by atoms with Gasteiger partial charge in [-0.05, 0) is 28.0 Å². The summed E-state index contributed by atoms with van der Waals surface area (Å²) in [6.07, 6.45) is 0. The summed E-state index contributed by atoms with van der Waals surface area (Å²) < 4.78 is 22.7. The van der Waals surface area contributed by atoms with Crippen LogP contribution in [0.25, 0.3) is 21.9 Å². The normalized spacial score (nSPS) is 11.0. The van der Waals surface area contributed by atoms with E-state index in [0.29, 0.717) is 5.39 Å². The average Bonchev–Trinajstić information content (AvgIpc) is 2.53. The second kappa shape index (κ2) is 5.84. The van der Waals surface area contributed by atoms with Gasteiger partial charge in [0.15, 0.2) is 0 Å². The van der Waals surface area contributed by atoms with Crippen LogP contribution in [-0.4, -0.2) is 11.1 Å². The first-order chi connectivity index (χ1) is 10.6. The van der Waals surface area contributed by atoms with Crippen molar-refractivity contribution in [2.45, 2.75) is 0 Å². The Morgan fingerprint density at radius 2 is 1.55 bits per heavy atom. The summed E-state index contributed by atoms with van der Waals surface area (Å²) >= 11 is -3.88. The summed E-state index contributed by atoms with van der Waals surface area (Å²) in [6.45, 7) is 0. The second-order valence-corrected chi connectivity index (χ2v) is 7.11. The molecular formula is C17H11IO4. The fourth-order valence-corrected chi connectivity index (χ4v) is 3.98. The third kappa shape index (κ3) is 2.48. The van der Waals surface area contributed by atoms with Crippen molar-refractivity contribution in [3.05, 3.63) is 69.8 Å². The number of fused-ring (bicyclic) bond motifs is 1. The molecule has 0 amide bonds. The van der Waals surface area contributed by atoms with Gasteiger partial charge < -0.3 is 5.11 Å². The predicted octanol–water partition coefficient (Wildman–Crippen LogP) is 4.57. The first-order valence-corrected chi connectivity index (χ1v) is 9.33.